The molecule has 1 aromatic rings. The van der Waals surface area contributed by atoms with Gasteiger partial charge in [0.15, 0.2) is 0 Å². The zero-order valence-corrected chi connectivity index (χ0v) is 15.1. The molecule has 0 N–H and O–H groups in total. The van der Waals surface area contributed by atoms with Crippen molar-refractivity contribution >= 4 is 18.5 Å². The molecule has 128 valence electrons. The van der Waals surface area contributed by atoms with Gasteiger partial charge in [-0.15, -0.1) is 0 Å². The molecule has 4 nitrogen and oxygen atoms in total. The van der Waals surface area contributed by atoms with Gasteiger partial charge in [0.05, 0.1) is 11.2 Å². The molecule has 24 heavy (non-hydrogen) atoms. The molecule has 3 fully saturated rings. The number of carbonyl (C=O) groups excluding carboxylic acids is 1. The van der Waals surface area contributed by atoms with E-state index in [9.17, 15) is 4.79 Å². The van der Waals surface area contributed by atoms with E-state index in [0.717, 1.165) is 24.1 Å². The third-order valence-electron chi connectivity index (χ3n) is 6.44. The molecule has 2 heterocycles. The number of rotatable bonds is 2. The van der Waals surface area contributed by atoms with E-state index >= 15 is 0 Å². The van der Waals surface area contributed by atoms with Gasteiger partial charge in [-0.05, 0) is 58.1 Å². The largest absolute Gasteiger partial charge is 0.494 e. The van der Waals surface area contributed by atoms with Crippen LogP contribution in [0.1, 0.15) is 57.3 Å². The zero-order chi connectivity index (χ0) is 17.2. The van der Waals surface area contributed by atoms with E-state index < -0.39 is 0 Å². The molecule has 4 rings (SSSR count). The number of likely N-dealkylation sites (tertiary alicyclic amines) is 1. The van der Waals surface area contributed by atoms with Crippen LogP contribution in [0.25, 0.3) is 0 Å². The number of hydrogen-bond donors (Lipinski definition) is 0. The Morgan fingerprint density at radius 2 is 1.54 bits per heavy atom. The van der Waals surface area contributed by atoms with Crippen LogP contribution in [0.4, 0.5) is 0 Å². The monoisotopic (exact) mass is 327 g/mol. The third kappa shape index (κ3) is 2.41. The summed E-state index contributed by atoms with van der Waals surface area (Å²) >= 11 is 0. The van der Waals surface area contributed by atoms with Crippen molar-refractivity contribution in [1.82, 2.24) is 4.90 Å². The fourth-order valence-electron chi connectivity index (χ4n) is 3.84. The van der Waals surface area contributed by atoms with Crippen LogP contribution in [0.5, 0.6) is 0 Å². The van der Waals surface area contributed by atoms with E-state index in [1.807, 2.05) is 56.9 Å². The Balaban J connectivity index is 1.43. The molecular weight excluding hydrogens is 301 g/mol. The predicted molar refractivity (Wildman–Crippen MR) is 94.3 cm³/mol. The smallest absolute Gasteiger partial charge is 0.399 e. The van der Waals surface area contributed by atoms with Gasteiger partial charge < -0.3 is 14.2 Å². The molecule has 0 bridgehead atoms. The second-order valence-corrected chi connectivity index (χ2v) is 8.73. The van der Waals surface area contributed by atoms with Crippen LogP contribution in [-0.4, -0.2) is 42.2 Å². The molecular formula is C19H26BNO3. The average molecular weight is 327 g/mol. The summed E-state index contributed by atoms with van der Waals surface area (Å²) in [6.07, 6.45) is 3.90. The van der Waals surface area contributed by atoms with E-state index in [0.29, 0.717) is 5.41 Å². The molecule has 5 heteroatoms. The highest BCUT2D eigenvalue weighted by atomic mass is 16.7. The summed E-state index contributed by atoms with van der Waals surface area (Å²) in [5.41, 5.74) is 1.49. The van der Waals surface area contributed by atoms with Gasteiger partial charge in [-0.3, -0.25) is 4.79 Å². The van der Waals surface area contributed by atoms with E-state index in [1.165, 1.54) is 19.3 Å². The Labute approximate surface area is 144 Å². The van der Waals surface area contributed by atoms with Crippen molar-refractivity contribution in [2.24, 2.45) is 5.41 Å². The van der Waals surface area contributed by atoms with E-state index in [1.54, 1.807) is 0 Å². The van der Waals surface area contributed by atoms with Crippen LogP contribution in [0, 0.1) is 5.41 Å². The molecule has 2 saturated heterocycles. The molecule has 0 aromatic heterocycles. The molecule has 1 aromatic carbocycles. The molecule has 3 aliphatic rings. The highest BCUT2D eigenvalue weighted by Crippen LogP contribution is 2.48. The fourth-order valence-corrected chi connectivity index (χ4v) is 3.84. The van der Waals surface area contributed by atoms with Crippen molar-refractivity contribution in [2.45, 2.75) is 58.2 Å². The van der Waals surface area contributed by atoms with Crippen LogP contribution in [-0.2, 0) is 9.31 Å². The number of hydrogen-bond acceptors (Lipinski definition) is 3. The van der Waals surface area contributed by atoms with Crippen molar-refractivity contribution in [3.8, 4) is 0 Å². The molecule has 1 spiro atoms. The van der Waals surface area contributed by atoms with Gasteiger partial charge in [-0.1, -0.05) is 18.6 Å². The predicted octanol–water partition coefficient (Wildman–Crippen LogP) is 2.61. The van der Waals surface area contributed by atoms with Gasteiger partial charge in [0.2, 0.25) is 0 Å². The lowest BCUT2D eigenvalue weighted by atomic mass is 9.63. The molecule has 1 saturated carbocycles. The maximum Gasteiger partial charge on any atom is 0.494 e. The van der Waals surface area contributed by atoms with Gasteiger partial charge in [0.25, 0.3) is 5.91 Å². The molecule has 0 radical (unpaired) electrons. The first-order valence-corrected chi connectivity index (χ1v) is 8.96. The van der Waals surface area contributed by atoms with Crippen LogP contribution >= 0.6 is 0 Å². The van der Waals surface area contributed by atoms with Crippen LogP contribution in [0.3, 0.4) is 0 Å². The third-order valence-corrected chi connectivity index (χ3v) is 6.44. The summed E-state index contributed by atoms with van der Waals surface area (Å²) < 4.78 is 12.1. The van der Waals surface area contributed by atoms with Crippen LogP contribution in [0.15, 0.2) is 24.3 Å². The van der Waals surface area contributed by atoms with E-state index in [-0.39, 0.29) is 24.2 Å². The number of amides is 1. The fraction of sp³-hybridized carbons (Fsp3) is 0.632. The number of carbonyl (C=O) groups is 1. The summed E-state index contributed by atoms with van der Waals surface area (Å²) in [5, 5.41) is 0. The Kier molecular flexibility index (Phi) is 3.43. The maximum absolute atomic E-state index is 12.6. The molecule has 1 aliphatic carbocycles. The summed E-state index contributed by atoms with van der Waals surface area (Å²) in [7, 11) is -0.374. The van der Waals surface area contributed by atoms with Crippen molar-refractivity contribution in [3.63, 3.8) is 0 Å². The topological polar surface area (TPSA) is 38.8 Å². The summed E-state index contributed by atoms with van der Waals surface area (Å²) in [4.78, 5) is 14.5. The lowest BCUT2D eigenvalue weighted by molar-refractivity contribution is -0.0426. The molecule has 1 amide bonds. The minimum Gasteiger partial charge on any atom is -0.399 e. The van der Waals surface area contributed by atoms with E-state index in [2.05, 4.69) is 0 Å². The lowest BCUT2D eigenvalue weighted by Gasteiger charge is -2.55. The van der Waals surface area contributed by atoms with Gasteiger partial charge in [0.1, 0.15) is 0 Å². The Hall–Kier alpha value is -1.33. The van der Waals surface area contributed by atoms with Crippen LogP contribution in [0.2, 0.25) is 0 Å². The van der Waals surface area contributed by atoms with Crippen molar-refractivity contribution in [3.05, 3.63) is 29.8 Å². The maximum atomic E-state index is 12.6. The normalized spacial score (nSPS) is 26.2. The zero-order valence-electron chi connectivity index (χ0n) is 15.1. The highest BCUT2D eigenvalue weighted by Gasteiger charge is 2.52. The number of benzene rings is 1. The van der Waals surface area contributed by atoms with Crippen LogP contribution < -0.4 is 5.46 Å². The molecule has 0 atom stereocenters. The van der Waals surface area contributed by atoms with Gasteiger partial charge >= 0.3 is 7.12 Å². The standard InChI is InChI=1S/C19H26BNO3/c1-17(2)18(3,4)24-20(23-17)15-8-6-14(7-9-15)16(22)21-12-19(13-21)10-5-11-19/h6-9H,5,10-13H2,1-4H3. The van der Waals surface area contributed by atoms with Crippen molar-refractivity contribution < 1.29 is 14.1 Å². The Morgan fingerprint density at radius 1 is 1.00 bits per heavy atom. The average Bonchev–Trinajstić information content (AvgIpc) is 2.64. The number of nitrogens with zero attached hydrogens (tertiary/aromatic N) is 1. The molecule has 2 aliphatic heterocycles. The van der Waals surface area contributed by atoms with Gasteiger partial charge in [0, 0.05) is 24.1 Å². The minimum absolute atomic E-state index is 0.146. The molecule has 0 unspecified atom stereocenters. The quantitative estimate of drug-likeness (QED) is 0.784. The van der Waals surface area contributed by atoms with Gasteiger partial charge in [-0.25, -0.2) is 0 Å². The second-order valence-electron chi connectivity index (χ2n) is 8.73. The SMILES string of the molecule is CC1(C)OB(c2ccc(C(=O)N3CC4(CCC4)C3)cc2)OC1(C)C. The first kappa shape index (κ1) is 16.2. The first-order valence-electron chi connectivity index (χ1n) is 8.96. The second kappa shape index (κ2) is 5.09. The minimum atomic E-state index is -0.374. The highest BCUT2D eigenvalue weighted by molar-refractivity contribution is 6.62. The first-order chi connectivity index (χ1) is 11.2. The van der Waals surface area contributed by atoms with Gasteiger partial charge in [-0.2, -0.15) is 0 Å². The van der Waals surface area contributed by atoms with Crippen molar-refractivity contribution in [1.29, 1.82) is 0 Å². The lowest BCUT2D eigenvalue weighted by Crippen LogP contribution is -2.61. The van der Waals surface area contributed by atoms with Crippen molar-refractivity contribution in [2.75, 3.05) is 13.1 Å². The summed E-state index contributed by atoms with van der Waals surface area (Å²) in [6, 6.07) is 7.70. The van der Waals surface area contributed by atoms with E-state index in [4.69, 9.17) is 9.31 Å². The Bertz CT molecular complexity index is 640. The Morgan fingerprint density at radius 3 is 2.00 bits per heavy atom. The summed E-state index contributed by atoms with van der Waals surface area (Å²) in [6.45, 7) is 10.1. The summed E-state index contributed by atoms with van der Waals surface area (Å²) in [5.74, 6) is 0.146.